The Bertz CT molecular complexity index is 677. The van der Waals surface area contributed by atoms with Crippen LogP contribution >= 0.6 is 0 Å². The molecule has 6 heteroatoms. The fourth-order valence-corrected chi connectivity index (χ4v) is 4.83. The Morgan fingerprint density at radius 3 is 2.81 bits per heavy atom. The largest absolute Gasteiger partial charge is 0.454 e. The lowest BCUT2D eigenvalue weighted by molar-refractivity contribution is -0.0104. The van der Waals surface area contributed by atoms with E-state index in [0.29, 0.717) is 23.1 Å². The first-order valence-corrected chi connectivity index (χ1v) is 10.3. The Balaban J connectivity index is 1.30. The summed E-state index contributed by atoms with van der Waals surface area (Å²) in [6.45, 7) is 11.3. The molecule has 3 fully saturated rings. The zero-order valence-corrected chi connectivity index (χ0v) is 16.4. The number of fused-ring (bicyclic) bond motifs is 4. The Morgan fingerprint density at radius 2 is 2.07 bits per heavy atom. The molecule has 6 nitrogen and oxygen atoms in total. The second-order valence-corrected chi connectivity index (χ2v) is 7.96. The molecule has 4 aliphatic heterocycles. The van der Waals surface area contributed by atoms with Crippen LogP contribution in [0, 0.1) is 11.8 Å². The first-order chi connectivity index (χ1) is 13.2. The minimum atomic E-state index is -0.0318. The minimum absolute atomic E-state index is 0.0318. The van der Waals surface area contributed by atoms with Gasteiger partial charge in [0.25, 0.3) is 5.91 Å². The number of hydrogen-bond acceptors (Lipinski definition) is 5. The summed E-state index contributed by atoms with van der Waals surface area (Å²) < 4.78 is 10.7. The van der Waals surface area contributed by atoms with Gasteiger partial charge < -0.3 is 19.7 Å². The van der Waals surface area contributed by atoms with Crippen LogP contribution in [0.1, 0.15) is 37.0 Å². The molecule has 5 rings (SSSR count). The molecule has 4 atom stereocenters. The van der Waals surface area contributed by atoms with Crippen molar-refractivity contribution >= 4 is 5.91 Å². The van der Waals surface area contributed by atoms with Crippen LogP contribution in [0.3, 0.4) is 0 Å². The van der Waals surface area contributed by atoms with Crippen LogP contribution in [0.4, 0.5) is 0 Å². The second kappa shape index (κ2) is 8.07. The zero-order valence-electron chi connectivity index (χ0n) is 16.4. The molecular weight excluding hydrogens is 342 g/mol. The highest BCUT2D eigenvalue weighted by molar-refractivity contribution is 5.94. The number of carbonyl (C=O) groups excluding carboxylic acids is 1. The lowest BCUT2D eigenvalue weighted by Gasteiger charge is -2.51. The van der Waals surface area contributed by atoms with Gasteiger partial charge in [-0.05, 0) is 62.5 Å². The van der Waals surface area contributed by atoms with Gasteiger partial charge in [-0.3, -0.25) is 9.69 Å². The number of amides is 1. The predicted octanol–water partition coefficient (Wildman–Crippen LogP) is 2.20. The van der Waals surface area contributed by atoms with E-state index in [2.05, 4.69) is 29.0 Å². The molecule has 4 heterocycles. The SMILES string of the molecule is CCN(CC)CC1CN2CCC1CC2CNC(=O)c1ccc2c(c1)OCO2. The molecule has 27 heavy (non-hydrogen) atoms. The molecule has 1 aromatic rings. The molecule has 1 N–H and O–H groups in total. The molecular formula is C21H31N3O3. The smallest absolute Gasteiger partial charge is 0.251 e. The van der Waals surface area contributed by atoms with Crippen LogP contribution in [-0.2, 0) is 0 Å². The van der Waals surface area contributed by atoms with E-state index in [1.54, 1.807) is 18.2 Å². The normalized spacial score (nSPS) is 28.6. The third-order valence-electron chi connectivity index (χ3n) is 6.53. The third-order valence-corrected chi connectivity index (χ3v) is 6.53. The van der Waals surface area contributed by atoms with Gasteiger partial charge in [0.15, 0.2) is 11.5 Å². The molecule has 1 amide bonds. The van der Waals surface area contributed by atoms with E-state index in [9.17, 15) is 4.79 Å². The number of benzene rings is 1. The van der Waals surface area contributed by atoms with Crippen LogP contribution in [-0.4, -0.2) is 67.8 Å². The van der Waals surface area contributed by atoms with E-state index in [0.717, 1.165) is 31.5 Å². The van der Waals surface area contributed by atoms with E-state index in [4.69, 9.17) is 9.47 Å². The van der Waals surface area contributed by atoms with Crippen molar-refractivity contribution in [2.45, 2.75) is 32.7 Å². The van der Waals surface area contributed by atoms with Crippen molar-refractivity contribution < 1.29 is 14.3 Å². The number of carbonyl (C=O) groups is 1. The first-order valence-electron chi connectivity index (χ1n) is 10.3. The number of rotatable bonds is 7. The molecule has 4 aliphatic rings. The van der Waals surface area contributed by atoms with Gasteiger partial charge in [0.05, 0.1) is 0 Å². The molecule has 0 spiro atoms. The molecule has 0 aliphatic carbocycles. The van der Waals surface area contributed by atoms with E-state index >= 15 is 0 Å². The number of piperidine rings is 3. The Kier molecular flexibility index (Phi) is 5.55. The molecule has 2 bridgehead atoms. The topological polar surface area (TPSA) is 54.0 Å². The maximum Gasteiger partial charge on any atom is 0.251 e. The quantitative estimate of drug-likeness (QED) is 0.794. The third kappa shape index (κ3) is 3.92. The maximum absolute atomic E-state index is 12.5. The van der Waals surface area contributed by atoms with Crippen LogP contribution in [0.15, 0.2) is 18.2 Å². The summed E-state index contributed by atoms with van der Waals surface area (Å²) in [5, 5.41) is 3.14. The van der Waals surface area contributed by atoms with Gasteiger partial charge in [-0.1, -0.05) is 13.8 Å². The highest BCUT2D eigenvalue weighted by atomic mass is 16.7. The first kappa shape index (κ1) is 18.6. The minimum Gasteiger partial charge on any atom is -0.454 e. The number of ether oxygens (including phenoxy) is 2. The molecule has 0 aromatic heterocycles. The van der Waals surface area contributed by atoms with E-state index in [1.165, 1.54) is 32.5 Å². The van der Waals surface area contributed by atoms with Gasteiger partial charge in [0, 0.05) is 31.2 Å². The number of hydrogen-bond donors (Lipinski definition) is 1. The summed E-state index contributed by atoms with van der Waals surface area (Å²) in [6, 6.07) is 5.84. The predicted molar refractivity (Wildman–Crippen MR) is 104 cm³/mol. The van der Waals surface area contributed by atoms with Crippen LogP contribution in [0.2, 0.25) is 0 Å². The summed E-state index contributed by atoms with van der Waals surface area (Å²) in [7, 11) is 0. The fourth-order valence-electron chi connectivity index (χ4n) is 4.83. The van der Waals surface area contributed by atoms with Gasteiger partial charge in [-0.15, -0.1) is 0 Å². The Labute approximate surface area is 161 Å². The lowest BCUT2D eigenvalue weighted by atomic mass is 9.75. The maximum atomic E-state index is 12.5. The second-order valence-electron chi connectivity index (χ2n) is 7.96. The highest BCUT2D eigenvalue weighted by Crippen LogP contribution is 2.36. The van der Waals surface area contributed by atoms with E-state index < -0.39 is 0 Å². The summed E-state index contributed by atoms with van der Waals surface area (Å²) in [6.07, 6.45) is 2.51. The summed E-state index contributed by atoms with van der Waals surface area (Å²) in [5.74, 6) is 2.90. The van der Waals surface area contributed by atoms with Crippen molar-refractivity contribution in [1.82, 2.24) is 15.1 Å². The van der Waals surface area contributed by atoms with Crippen LogP contribution < -0.4 is 14.8 Å². The molecule has 1 aromatic carbocycles. The Morgan fingerprint density at radius 1 is 1.26 bits per heavy atom. The van der Waals surface area contributed by atoms with Crippen LogP contribution in [0.5, 0.6) is 11.5 Å². The van der Waals surface area contributed by atoms with Crippen molar-refractivity contribution in [3.63, 3.8) is 0 Å². The Hall–Kier alpha value is -1.79. The number of nitrogens with zero attached hydrogens (tertiary/aromatic N) is 2. The summed E-state index contributed by atoms with van der Waals surface area (Å²) in [4.78, 5) is 17.7. The highest BCUT2D eigenvalue weighted by Gasteiger charge is 2.40. The molecule has 148 valence electrons. The van der Waals surface area contributed by atoms with Gasteiger partial charge in [-0.25, -0.2) is 0 Å². The number of nitrogens with one attached hydrogen (secondary N) is 1. The van der Waals surface area contributed by atoms with E-state index in [1.807, 2.05) is 0 Å². The monoisotopic (exact) mass is 373 g/mol. The fraction of sp³-hybridized carbons (Fsp3) is 0.667. The average molecular weight is 373 g/mol. The van der Waals surface area contributed by atoms with Gasteiger partial charge in [0.2, 0.25) is 6.79 Å². The van der Waals surface area contributed by atoms with Crippen molar-refractivity contribution in [2.75, 3.05) is 46.1 Å². The van der Waals surface area contributed by atoms with E-state index in [-0.39, 0.29) is 12.7 Å². The van der Waals surface area contributed by atoms with Crippen LogP contribution in [0.25, 0.3) is 0 Å². The molecule has 0 saturated carbocycles. The molecule has 4 unspecified atom stereocenters. The van der Waals surface area contributed by atoms with Crippen molar-refractivity contribution in [3.05, 3.63) is 23.8 Å². The summed E-state index contributed by atoms with van der Waals surface area (Å²) in [5.41, 5.74) is 0.634. The average Bonchev–Trinajstić information content (AvgIpc) is 3.18. The van der Waals surface area contributed by atoms with Gasteiger partial charge in [0.1, 0.15) is 0 Å². The molecule has 3 saturated heterocycles. The summed E-state index contributed by atoms with van der Waals surface area (Å²) >= 11 is 0. The van der Waals surface area contributed by atoms with Crippen molar-refractivity contribution in [3.8, 4) is 11.5 Å². The van der Waals surface area contributed by atoms with Crippen molar-refractivity contribution in [1.29, 1.82) is 0 Å². The van der Waals surface area contributed by atoms with Gasteiger partial charge >= 0.3 is 0 Å². The zero-order chi connectivity index (χ0) is 18.8. The molecule has 0 radical (unpaired) electrons. The van der Waals surface area contributed by atoms with Crippen molar-refractivity contribution in [2.24, 2.45) is 11.8 Å². The standard InChI is InChI=1S/C21H31N3O3/c1-3-23(4-2)12-17-13-24-8-7-15(17)9-18(24)11-22-21(25)16-5-6-19-20(10-16)27-14-26-19/h5-6,10,15,17-18H,3-4,7-9,11-14H2,1-2H3,(H,22,25). The lowest BCUT2D eigenvalue weighted by Crippen LogP contribution is -2.58. The van der Waals surface area contributed by atoms with Gasteiger partial charge in [-0.2, -0.15) is 0 Å².